The number of Topliss-reactive ketones (excluding diaryl/α,β-unsaturated/α-hetero) is 1. The first-order chi connectivity index (χ1) is 16.2. The molecule has 1 aromatic carbocycles. The minimum atomic E-state index is -0.408. The van der Waals surface area contributed by atoms with Crippen LogP contribution in [0.5, 0.6) is 0 Å². The van der Waals surface area contributed by atoms with Crippen molar-refractivity contribution >= 4 is 34.7 Å². The van der Waals surface area contributed by atoms with Crippen molar-refractivity contribution in [3.63, 3.8) is 0 Å². The highest BCUT2D eigenvalue weighted by atomic mass is 16.2. The molecule has 8 heteroatoms. The second-order valence-corrected chi connectivity index (χ2v) is 7.74. The summed E-state index contributed by atoms with van der Waals surface area (Å²) >= 11 is 0. The van der Waals surface area contributed by atoms with Gasteiger partial charge in [-0.15, -0.1) is 0 Å². The Morgan fingerprint density at radius 1 is 0.909 bits per heavy atom. The first-order valence-electron chi connectivity index (χ1n) is 10.7. The summed E-state index contributed by atoms with van der Waals surface area (Å²) in [5.41, 5.74) is 5.51. The molecule has 0 saturated carbocycles. The Bertz CT molecular complexity index is 1300. The van der Waals surface area contributed by atoms with E-state index in [1.165, 1.54) is 0 Å². The van der Waals surface area contributed by atoms with Gasteiger partial charge in [0.05, 0.1) is 16.9 Å². The summed E-state index contributed by atoms with van der Waals surface area (Å²) in [5, 5.41) is 8.93. The van der Waals surface area contributed by atoms with Crippen LogP contribution in [0.3, 0.4) is 0 Å². The summed E-state index contributed by atoms with van der Waals surface area (Å²) in [6.45, 7) is 0. The molecule has 3 aromatic heterocycles. The topological polar surface area (TPSA) is 112 Å². The third-order valence-corrected chi connectivity index (χ3v) is 5.46. The van der Waals surface area contributed by atoms with Gasteiger partial charge in [0.25, 0.3) is 0 Å². The van der Waals surface area contributed by atoms with Crippen molar-refractivity contribution in [2.45, 2.75) is 19.3 Å². The van der Waals surface area contributed by atoms with Crippen molar-refractivity contribution in [1.29, 1.82) is 0 Å². The van der Waals surface area contributed by atoms with Crippen LogP contribution in [0.15, 0.2) is 73.2 Å². The van der Waals surface area contributed by atoms with E-state index >= 15 is 0 Å². The number of fused-ring (bicyclic) bond motifs is 1. The van der Waals surface area contributed by atoms with E-state index < -0.39 is 6.03 Å². The smallest absolute Gasteiger partial charge is 0.324 e. The number of rotatable bonds is 5. The van der Waals surface area contributed by atoms with Gasteiger partial charge in [0.2, 0.25) is 0 Å². The first kappa shape index (κ1) is 20.4. The molecule has 4 aromatic rings. The van der Waals surface area contributed by atoms with E-state index in [0.717, 1.165) is 41.2 Å². The number of hydrogen-bond acceptors (Lipinski definition) is 5. The van der Waals surface area contributed by atoms with Crippen LogP contribution in [0.1, 0.15) is 28.9 Å². The highest BCUT2D eigenvalue weighted by Crippen LogP contribution is 2.39. The van der Waals surface area contributed by atoms with E-state index in [2.05, 4.69) is 30.9 Å². The highest BCUT2D eigenvalue weighted by molar-refractivity contribution is 6.07. The molecule has 0 aliphatic heterocycles. The van der Waals surface area contributed by atoms with Crippen molar-refractivity contribution in [3.05, 3.63) is 84.4 Å². The quantitative estimate of drug-likeness (QED) is 0.334. The molecule has 2 amide bonds. The molecule has 0 spiro atoms. The van der Waals surface area contributed by atoms with Crippen LogP contribution < -0.4 is 16.0 Å². The van der Waals surface area contributed by atoms with Crippen LogP contribution in [0.2, 0.25) is 0 Å². The van der Waals surface area contributed by atoms with Crippen molar-refractivity contribution in [2.24, 2.45) is 0 Å². The number of ketones is 1. The highest BCUT2D eigenvalue weighted by Gasteiger charge is 2.27. The van der Waals surface area contributed by atoms with E-state index in [9.17, 15) is 9.59 Å². The molecular formula is C25H22N6O2. The largest absolute Gasteiger partial charge is 0.356 e. The van der Waals surface area contributed by atoms with Gasteiger partial charge in [0.1, 0.15) is 5.82 Å². The standard InChI is InChI=1S/C25H22N6O2/c32-20-8-4-7-19-22(20)24(28-17-5-2-1-3-6-17)23(30-19)16-9-14-27-21(15-16)31-25(33)29-18-10-12-26-13-11-18/h1-3,5-6,9-15,28,30H,4,7-8H2,(H2,26,27,29,31,33). The van der Waals surface area contributed by atoms with E-state index in [-0.39, 0.29) is 5.78 Å². The maximum absolute atomic E-state index is 12.8. The molecule has 0 atom stereocenters. The van der Waals surface area contributed by atoms with Crippen LogP contribution in [0.25, 0.3) is 11.3 Å². The van der Waals surface area contributed by atoms with Gasteiger partial charge in [0, 0.05) is 47.6 Å². The van der Waals surface area contributed by atoms with Gasteiger partial charge in [-0.3, -0.25) is 15.1 Å². The fourth-order valence-electron chi connectivity index (χ4n) is 3.97. The van der Waals surface area contributed by atoms with Crippen LogP contribution in [0, 0.1) is 0 Å². The molecule has 3 heterocycles. The van der Waals surface area contributed by atoms with E-state index in [1.54, 1.807) is 36.8 Å². The summed E-state index contributed by atoms with van der Waals surface area (Å²) in [4.78, 5) is 36.8. The Morgan fingerprint density at radius 3 is 2.55 bits per heavy atom. The number of amides is 2. The average Bonchev–Trinajstić information content (AvgIpc) is 3.20. The maximum Gasteiger partial charge on any atom is 0.324 e. The Balaban J connectivity index is 1.46. The van der Waals surface area contributed by atoms with Gasteiger partial charge in [0.15, 0.2) is 5.78 Å². The van der Waals surface area contributed by atoms with Gasteiger partial charge in [-0.2, -0.15) is 0 Å². The molecule has 0 saturated heterocycles. The Morgan fingerprint density at radius 2 is 1.73 bits per heavy atom. The summed E-state index contributed by atoms with van der Waals surface area (Å²) in [7, 11) is 0. The predicted molar refractivity (Wildman–Crippen MR) is 128 cm³/mol. The SMILES string of the molecule is O=C(Nc1ccncc1)Nc1cc(-c2[nH]c3c(c2Nc2ccccc2)C(=O)CCC3)ccn1. The van der Waals surface area contributed by atoms with Crippen LogP contribution in [-0.4, -0.2) is 26.8 Å². The second-order valence-electron chi connectivity index (χ2n) is 7.74. The molecule has 164 valence electrons. The van der Waals surface area contributed by atoms with E-state index in [4.69, 9.17) is 0 Å². The number of hydrogen-bond donors (Lipinski definition) is 4. The number of carbonyl (C=O) groups is 2. The molecular weight excluding hydrogens is 416 g/mol. The third-order valence-electron chi connectivity index (χ3n) is 5.46. The number of H-pyrrole nitrogens is 1. The van der Waals surface area contributed by atoms with Crippen molar-refractivity contribution in [1.82, 2.24) is 15.0 Å². The lowest BCUT2D eigenvalue weighted by Crippen LogP contribution is -2.20. The van der Waals surface area contributed by atoms with Crippen molar-refractivity contribution in [3.8, 4) is 11.3 Å². The fraction of sp³-hybridized carbons (Fsp3) is 0.120. The molecule has 1 aliphatic rings. The Hall–Kier alpha value is -4.46. The first-order valence-corrected chi connectivity index (χ1v) is 10.7. The number of carbonyl (C=O) groups excluding carboxylic acids is 2. The van der Waals surface area contributed by atoms with Crippen molar-refractivity contribution < 1.29 is 9.59 Å². The zero-order valence-electron chi connectivity index (χ0n) is 17.8. The minimum absolute atomic E-state index is 0.126. The van der Waals surface area contributed by atoms with Gasteiger partial charge in [-0.25, -0.2) is 9.78 Å². The van der Waals surface area contributed by atoms with E-state index in [0.29, 0.717) is 23.5 Å². The molecule has 5 rings (SSSR count). The maximum atomic E-state index is 12.8. The second kappa shape index (κ2) is 8.96. The molecule has 1 aliphatic carbocycles. The number of urea groups is 1. The zero-order valence-corrected chi connectivity index (χ0v) is 17.8. The normalized spacial score (nSPS) is 12.7. The third kappa shape index (κ3) is 4.45. The minimum Gasteiger partial charge on any atom is -0.356 e. The number of aromatic amines is 1. The van der Waals surface area contributed by atoms with Gasteiger partial charge in [-0.1, -0.05) is 18.2 Å². The summed E-state index contributed by atoms with van der Waals surface area (Å²) in [6.07, 6.45) is 7.01. The average molecular weight is 438 g/mol. The lowest BCUT2D eigenvalue weighted by Gasteiger charge is -2.14. The number of pyridine rings is 2. The van der Waals surface area contributed by atoms with Crippen LogP contribution >= 0.6 is 0 Å². The molecule has 0 unspecified atom stereocenters. The fourth-order valence-corrected chi connectivity index (χ4v) is 3.97. The van der Waals surface area contributed by atoms with Crippen LogP contribution in [-0.2, 0) is 6.42 Å². The van der Waals surface area contributed by atoms with E-state index in [1.807, 2.05) is 36.4 Å². The molecule has 4 N–H and O–H groups in total. The van der Waals surface area contributed by atoms with Gasteiger partial charge in [-0.05, 0) is 49.2 Å². The summed E-state index contributed by atoms with van der Waals surface area (Å²) in [6, 6.07) is 16.4. The summed E-state index contributed by atoms with van der Waals surface area (Å²) in [5.74, 6) is 0.518. The number of anilines is 4. The molecule has 0 fully saturated rings. The number of benzene rings is 1. The summed E-state index contributed by atoms with van der Waals surface area (Å²) < 4.78 is 0. The number of aryl methyl sites for hydroxylation is 1. The van der Waals surface area contributed by atoms with Gasteiger partial charge >= 0.3 is 6.03 Å². The lowest BCUT2D eigenvalue weighted by molar-refractivity contribution is 0.0973. The van der Waals surface area contributed by atoms with Crippen LogP contribution in [0.4, 0.5) is 27.7 Å². The number of nitrogens with zero attached hydrogens (tertiary/aromatic N) is 2. The molecule has 33 heavy (non-hydrogen) atoms. The van der Waals surface area contributed by atoms with Gasteiger partial charge < -0.3 is 15.6 Å². The Labute approximate surface area is 190 Å². The molecule has 8 nitrogen and oxygen atoms in total. The molecule has 0 bridgehead atoms. The number of para-hydroxylation sites is 1. The lowest BCUT2D eigenvalue weighted by atomic mass is 9.95. The number of nitrogens with one attached hydrogen (secondary N) is 4. The number of aromatic nitrogens is 3. The van der Waals surface area contributed by atoms with Crippen molar-refractivity contribution in [2.75, 3.05) is 16.0 Å². The Kier molecular flexibility index (Phi) is 5.55. The zero-order chi connectivity index (χ0) is 22.6. The predicted octanol–water partition coefficient (Wildman–Crippen LogP) is 5.38. The monoisotopic (exact) mass is 438 g/mol. The molecule has 0 radical (unpaired) electrons.